The van der Waals surface area contributed by atoms with Crippen molar-refractivity contribution in [3.05, 3.63) is 40.9 Å². The van der Waals surface area contributed by atoms with Crippen molar-refractivity contribution in [3.8, 4) is 11.5 Å². The SMILES string of the molecule is CCn1ccnc1[C@H]1OCC[C@@H]1NCc1cc(Cl)c2c(c1)OCCO2. The van der Waals surface area contributed by atoms with Gasteiger partial charge in [-0.05, 0) is 31.0 Å². The van der Waals surface area contributed by atoms with Gasteiger partial charge < -0.3 is 24.1 Å². The topological polar surface area (TPSA) is 57.5 Å². The first-order chi connectivity index (χ1) is 12.3. The Morgan fingerprint density at radius 1 is 1.28 bits per heavy atom. The smallest absolute Gasteiger partial charge is 0.179 e. The number of aryl methyl sites for hydroxylation is 1. The van der Waals surface area contributed by atoms with Crippen LogP contribution in [0.25, 0.3) is 0 Å². The number of aromatic nitrogens is 2. The van der Waals surface area contributed by atoms with E-state index in [0.717, 1.165) is 36.7 Å². The van der Waals surface area contributed by atoms with Crippen LogP contribution in [0.2, 0.25) is 5.02 Å². The Kier molecular flexibility index (Phi) is 4.83. The van der Waals surface area contributed by atoms with Gasteiger partial charge in [-0.2, -0.15) is 0 Å². The lowest BCUT2D eigenvalue weighted by atomic mass is 10.1. The molecule has 0 spiro atoms. The molecule has 0 radical (unpaired) electrons. The van der Waals surface area contributed by atoms with Crippen molar-refractivity contribution in [2.24, 2.45) is 0 Å². The zero-order valence-corrected chi connectivity index (χ0v) is 15.0. The third-order valence-electron chi connectivity index (χ3n) is 4.66. The van der Waals surface area contributed by atoms with Crippen LogP contribution in [0.4, 0.5) is 0 Å². The standard InChI is InChI=1S/C18H22ClN3O3/c1-2-22-5-4-20-18(22)17-14(3-6-24-17)21-11-12-9-13(19)16-15(10-12)23-7-8-25-16/h4-5,9-10,14,17,21H,2-3,6-8,11H2,1H3/t14-,17-/m0/s1. The summed E-state index contributed by atoms with van der Waals surface area (Å²) in [6, 6.07) is 4.14. The molecule has 25 heavy (non-hydrogen) atoms. The van der Waals surface area contributed by atoms with Gasteiger partial charge in [0, 0.05) is 38.1 Å². The van der Waals surface area contributed by atoms with E-state index >= 15 is 0 Å². The molecular formula is C18H22ClN3O3. The van der Waals surface area contributed by atoms with Gasteiger partial charge in [0.15, 0.2) is 11.5 Å². The predicted molar refractivity (Wildman–Crippen MR) is 94.3 cm³/mol. The molecule has 3 heterocycles. The van der Waals surface area contributed by atoms with E-state index in [1.54, 1.807) is 0 Å². The van der Waals surface area contributed by atoms with Crippen LogP contribution in [0.15, 0.2) is 24.5 Å². The summed E-state index contributed by atoms with van der Waals surface area (Å²) >= 11 is 6.32. The van der Waals surface area contributed by atoms with Crippen molar-refractivity contribution in [1.82, 2.24) is 14.9 Å². The van der Waals surface area contributed by atoms with Gasteiger partial charge >= 0.3 is 0 Å². The van der Waals surface area contributed by atoms with Crippen LogP contribution in [0, 0.1) is 0 Å². The lowest BCUT2D eigenvalue weighted by Crippen LogP contribution is -2.32. The van der Waals surface area contributed by atoms with Gasteiger partial charge in [0.1, 0.15) is 25.1 Å². The number of halogens is 1. The van der Waals surface area contributed by atoms with Crippen molar-refractivity contribution in [2.45, 2.75) is 38.6 Å². The van der Waals surface area contributed by atoms with Gasteiger partial charge in [-0.1, -0.05) is 11.6 Å². The maximum atomic E-state index is 6.32. The van der Waals surface area contributed by atoms with Crippen molar-refractivity contribution in [3.63, 3.8) is 0 Å². The normalized spacial score (nSPS) is 22.3. The molecule has 2 aliphatic heterocycles. The monoisotopic (exact) mass is 363 g/mol. The number of rotatable bonds is 5. The predicted octanol–water partition coefficient (Wildman–Crippen LogP) is 2.95. The van der Waals surface area contributed by atoms with Crippen LogP contribution in [0.1, 0.15) is 30.8 Å². The summed E-state index contributed by atoms with van der Waals surface area (Å²) in [6.07, 6.45) is 4.76. The molecule has 4 rings (SSSR count). The molecule has 1 aromatic carbocycles. The highest BCUT2D eigenvalue weighted by atomic mass is 35.5. The van der Waals surface area contributed by atoms with Gasteiger partial charge in [0.05, 0.1) is 5.02 Å². The van der Waals surface area contributed by atoms with E-state index in [2.05, 4.69) is 21.8 Å². The number of nitrogens with zero attached hydrogens (tertiary/aromatic N) is 2. The van der Waals surface area contributed by atoms with Crippen LogP contribution in [-0.4, -0.2) is 35.4 Å². The van der Waals surface area contributed by atoms with Crippen molar-refractivity contribution >= 4 is 11.6 Å². The summed E-state index contributed by atoms with van der Waals surface area (Å²) in [6.45, 7) is 5.52. The number of hydrogen-bond acceptors (Lipinski definition) is 5. The molecule has 0 saturated carbocycles. The summed E-state index contributed by atoms with van der Waals surface area (Å²) in [7, 11) is 0. The average Bonchev–Trinajstić information content (AvgIpc) is 3.28. The summed E-state index contributed by atoms with van der Waals surface area (Å²) in [4.78, 5) is 4.49. The van der Waals surface area contributed by atoms with Gasteiger partial charge in [-0.3, -0.25) is 0 Å². The van der Waals surface area contributed by atoms with Crippen molar-refractivity contribution in [1.29, 1.82) is 0 Å². The second kappa shape index (κ2) is 7.23. The molecule has 134 valence electrons. The first-order valence-electron chi connectivity index (χ1n) is 8.70. The first-order valence-corrected chi connectivity index (χ1v) is 9.08. The second-order valence-electron chi connectivity index (χ2n) is 6.24. The van der Waals surface area contributed by atoms with Crippen LogP contribution in [-0.2, 0) is 17.8 Å². The van der Waals surface area contributed by atoms with Crippen LogP contribution < -0.4 is 14.8 Å². The number of imidazole rings is 1. The van der Waals surface area contributed by atoms with E-state index in [-0.39, 0.29) is 12.1 Å². The fourth-order valence-corrected chi connectivity index (χ4v) is 3.70. The first kappa shape index (κ1) is 16.7. The number of ether oxygens (including phenoxy) is 3. The Bertz CT molecular complexity index is 749. The van der Waals surface area contributed by atoms with Crippen LogP contribution in [0.3, 0.4) is 0 Å². The molecule has 2 aromatic rings. The number of benzene rings is 1. The minimum absolute atomic E-state index is 0.0253. The molecule has 0 amide bonds. The van der Waals surface area contributed by atoms with Gasteiger partial charge in [0.2, 0.25) is 0 Å². The lowest BCUT2D eigenvalue weighted by Gasteiger charge is -2.22. The molecule has 1 N–H and O–H groups in total. The average molecular weight is 364 g/mol. The van der Waals surface area contributed by atoms with Crippen molar-refractivity contribution in [2.75, 3.05) is 19.8 Å². The minimum Gasteiger partial charge on any atom is -0.486 e. The third-order valence-corrected chi connectivity index (χ3v) is 4.94. The Hall–Kier alpha value is -1.76. The fraction of sp³-hybridized carbons (Fsp3) is 0.500. The number of nitrogens with one attached hydrogen (secondary N) is 1. The van der Waals surface area contributed by atoms with Gasteiger partial charge in [0.25, 0.3) is 0 Å². The lowest BCUT2D eigenvalue weighted by molar-refractivity contribution is 0.0886. The molecule has 1 fully saturated rings. The molecule has 1 aromatic heterocycles. The summed E-state index contributed by atoms with van der Waals surface area (Å²) < 4.78 is 19.3. The van der Waals surface area contributed by atoms with E-state index in [4.69, 9.17) is 25.8 Å². The summed E-state index contributed by atoms with van der Waals surface area (Å²) in [5, 5.41) is 4.18. The molecule has 2 atom stereocenters. The molecule has 6 nitrogen and oxygen atoms in total. The zero-order chi connectivity index (χ0) is 17.2. The van der Waals surface area contributed by atoms with E-state index in [1.807, 2.05) is 24.5 Å². The fourth-order valence-electron chi connectivity index (χ4n) is 3.41. The van der Waals surface area contributed by atoms with E-state index in [0.29, 0.717) is 30.5 Å². The Morgan fingerprint density at radius 3 is 3.04 bits per heavy atom. The number of fused-ring (bicyclic) bond motifs is 1. The molecule has 2 aliphatic rings. The van der Waals surface area contributed by atoms with E-state index < -0.39 is 0 Å². The van der Waals surface area contributed by atoms with Crippen LogP contribution >= 0.6 is 11.6 Å². The number of hydrogen-bond donors (Lipinski definition) is 1. The Balaban J connectivity index is 1.46. The highest BCUT2D eigenvalue weighted by molar-refractivity contribution is 6.32. The highest BCUT2D eigenvalue weighted by Crippen LogP contribution is 2.38. The Labute approximate surface area is 152 Å². The molecule has 0 unspecified atom stereocenters. The minimum atomic E-state index is -0.0253. The maximum Gasteiger partial charge on any atom is 0.179 e. The molecule has 1 saturated heterocycles. The molecule has 7 heteroatoms. The van der Waals surface area contributed by atoms with Crippen molar-refractivity contribution < 1.29 is 14.2 Å². The quantitative estimate of drug-likeness (QED) is 0.885. The van der Waals surface area contributed by atoms with Gasteiger partial charge in [-0.25, -0.2) is 4.98 Å². The third kappa shape index (κ3) is 3.34. The zero-order valence-electron chi connectivity index (χ0n) is 14.2. The maximum absolute atomic E-state index is 6.32. The van der Waals surface area contributed by atoms with Crippen LogP contribution in [0.5, 0.6) is 11.5 Å². The Morgan fingerprint density at radius 2 is 2.16 bits per heavy atom. The largest absolute Gasteiger partial charge is 0.486 e. The van der Waals surface area contributed by atoms with E-state index in [1.165, 1.54) is 0 Å². The summed E-state index contributed by atoms with van der Waals surface area (Å²) in [5.74, 6) is 2.35. The second-order valence-corrected chi connectivity index (χ2v) is 6.65. The highest BCUT2D eigenvalue weighted by Gasteiger charge is 2.32. The molecular weight excluding hydrogens is 342 g/mol. The van der Waals surface area contributed by atoms with Gasteiger partial charge in [-0.15, -0.1) is 0 Å². The molecule has 0 aliphatic carbocycles. The van der Waals surface area contributed by atoms with E-state index in [9.17, 15) is 0 Å². The molecule has 0 bridgehead atoms. The summed E-state index contributed by atoms with van der Waals surface area (Å²) in [5.41, 5.74) is 1.07.